The van der Waals surface area contributed by atoms with E-state index in [1.165, 1.54) is 6.07 Å². The third kappa shape index (κ3) is 4.02. The largest absolute Gasteiger partial charge is 0.440 e. The smallest absolute Gasteiger partial charge is 0.318 e. The van der Waals surface area contributed by atoms with Crippen LogP contribution in [0.25, 0.3) is 0 Å². The van der Waals surface area contributed by atoms with Gasteiger partial charge in [0.25, 0.3) is 11.6 Å². The number of rotatable bonds is 5. The zero-order chi connectivity index (χ0) is 22.1. The first-order valence-electron chi connectivity index (χ1n) is 10.2. The number of halogens is 3. The average molecular weight is 425 g/mol. The van der Waals surface area contributed by atoms with Gasteiger partial charge in [-0.1, -0.05) is 44.2 Å². The second-order valence-corrected chi connectivity index (χ2v) is 8.13. The summed E-state index contributed by atoms with van der Waals surface area (Å²) in [5.74, 6) is -2.17. The fourth-order valence-corrected chi connectivity index (χ4v) is 4.16. The molecule has 0 aromatic heterocycles. The number of benzene rings is 1. The van der Waals surface area contributed by atoms with Crippen LogP contribution in [0.15, 0.2) is 18.2 Å². The molecular weight excluding hydrogens is 399 g/mol. The molecule has 1 heterocycles. The second kappa shape index (κ2) is 8.28. The molecule has 0 radical (unpaired) electrons. The Balaban J connectivity index is 1.83. The summed E-state index contributed by atoms with van der Waals surface area (Å²) in [7, 11) is 0. The fraction of sp³-hybridized carbons (Fsp3) is 0.571. The van der Waals surface area contributed by atoms with Crippen LogP contribution in [0.4, 0.5) is 23.7 Å². The highest BCUT2D eigenvalue weighted by Crippen LogP contribution is 2.37. The number of alkyl halides is 3. The molecule has 2 N–H and O–H groups in total. The van der Waals surface area contributed by atoms with E-state index in [0.717, 1.165) is 32.1 Å². The van der Waals surface area contributed by atoms with E-state index in [9.17, 15) is 27.6 Å². The Bertz CT molecular complexity index is 850. The van der Waals surface area contributed by atoms with Crippen molar-refractivity contribution in [1.29, 1.82) is 0 Å². The van der Waals surface area contributed by atoms with Gasteiger partial charge in [-0.25, -0.2) is 9.69 Å². The highest BCUT2D eigenvalue weighted by molar-refractivity contribution is 6.24. The molecule has 1 saturated carbocycles. The van der Waals surface area contributed by atoms with E-state index < -0.39 is 29.7 Å². The Morgan fingerprint density at radius 2 is 1.87 bits per heavy atom. The summed E-state index contributed by atoms with van der Waals surface area (Å²) in [4.78, 5) is 38.2. The lowest BCUT2D eigenvalue weighted by atomic mass is 9.86. The summed E-state index contributed by atoms with van der Waals surface area (Å²) in [5.41, 5.74) is -2.19. The van der Waals surface area contributed by atoms with Crippen LogP contribution in [0.3, 0.4) is 0 Å². The Labute approximate surface area is 173 Å². The van der Waals surface area contributed by atoms with E-state index in [4.69, 9.17) is 0 Å². The molecule has 9 heteroatoms. The maximum atomic E-state index is 14.0. The number of hydrogen-bond donors (Lipinski definition) is 2. The van der Waals surface area contributed by atoms with E-state index in [1.807, 2.05) is 0 Å². The zero-order valence-electron chi connectivity index (χ0n) is 17.1. The minimum atomic E-state index is -5.20. The van der Waals surface area contributed by atoms with Gasteiger partial charge in [0.15, 0.2) is 0 Å². The van der Waals surface area contributed by atoms with Crippen LogP contribution >= 0.6 is 0 Å². The number of urea groups is 1. The lowest BCUT2D eigenvalue weighted by Crippen LogP contribution is -2.69. The summed E-state index contributed by atoms with van der Waals surface area (Å²) in [6.07, 6.45) is 0.275. The number of amides is 4. The van der Waals surface area contributed by atoms with Gasteiger partial charge in [-0.2, -0.15) is 13.2 Å². The van der Waals surface area contributed by atoms with Crippen LogP contribution in [0, 0.1) is 19.8 Å². The van der Waals surface area contributed by atoms with Crippen molar-refractivity contribution in [2.45, 2.75) is 70.6 Å². The molecule has 1 saturated heterocycles. The summed E-state index contributed by atoms with van der Waals surface area (Å²) in [6.45, 7) is 3.34. The molecule has 30 heavy (non-hydrogen) atoms. The highest BCUT2D eigenvalue weighted by Gasteiger charge is 2.69. The number of aryl methyl sites for hydroxylation is 1. The second-order valence-electron chi connectivity index (χ2n) is 8.13. The molecule has 1 aromatic carbocycles. The maximum Gasteiger partial charge on any atom is 0.440 e. The van der Waals surface area contributed by atoms with Gasteiger partial charge in [0.2, 0.25) is 5.91 Å². The van der Waals surface area contributed by atoms with Gasteiger partial charge < -0.3 is 5.32 Å². The molecule has 0 spiro atoms. The highest BCUT2D eigenvalue weighted by atomic mass is 19.4. The molecule has 4 amide bonds. The van der Waals surface area contributed by atoms with Crippen molar-refractivity contribution in [3.63, 3.8) is 0 Å². The third-order valence-corrected chi connectivity index (χ3v) is 6.09. The fourth-order valence-electron chi connectivity index (χ4n) is 4.16. The molecule has 1 aliphatic carbocycles. The topological polar surface area (TPSA) is 78.5 Å². The number of nitrogens with one attached hydrogen (secondary N) is 2. The number of carbonyl (C=O) groups is 3. The summed E-state index contributed by atoms with van der Waals surface area (Å²) in [6, 6.07) is 3.45. The van der Waals surface area contributed by atoms with Crippen LogP contribution in [-0.4, -0.2) is 29.7 Å². The summed E-state index contributed by atoms with van der Waals surface area (Å²) < 4.78 is 42.0. The van der Waals surface area contributed by atoms with Crippen molar-refractivity contribution in [3.8, 4) is 0 Å². The maximum absolute atomic E-state index is 14.0. The molecule has 6 nitrogen and oxygen atoms in total. The van der Waals surface area contributed by atoms with Crippen LogP contribution in [-0.2, 0) is 9.59 Å². The number of hydrogen-bond acceptors (Lipinski definition) is 3. The van der Waals surface area contributed by atoms with Crippen LogP contribution in [0.1, 0.15) is 56.1 Å². The molecule has 1 aliphatic heterocycles. The number of carbonyl (C=O) groups excluding carboxylic acids is 3. The first kappa shape index (κ1) is 22.1. The Hall–Kier alpha value is -2.58. The Morgan fingerprint density at radius 1 is 1.20 bits per heavy atom. The van der Waals surface area contributed by atoms with Gasteiger partial charge >= 0.3 is 12.2 Å². The quantitative estimate of drug-likeness (QED) is 0.698. The van der Waals surface area contributed by atoms with Crippen molar-refractivity contribution in [2.75, 3.05) is 4.90 Å². The van der Waals surface area contributed by atoms with Gasteiger partial charge in [0, 0.05) is 6.42 Å². The van der Waals surface area contributed by atoms with Crippen molar-refractivity contribution >= 4 is 23.5 Å². The predicted molar refractivity (Wildman–Crippen MR) is 105 cm³/mol. The SMILES string of the molecule is Cc1cccc(N2C(=O)N[C@@](NC(=O)CCC3CCCCC3)(C(F)(F)F)C2=O)c1C. The monoisotopic (exact) mass is 425 g/mol. The molecule has 1 aromatic rings. The lowest BCUT2D eigenvalue weighted by molar-refractivity contribution is -0.201. The van der Waals surface area contributed by atoms with Crippen LogP contribution < -0.4 is 15.5 Å². The summed E-state index contributed by atoms with van der Waals surface area (Å²) in [5, 5.41) is 3.50. The van der Waals surface area contributed by atoms with Crippen molar-refractivity contribution < 1.29 is 27.6 Å². The van der Waals surface area contributed by atoms with Crippen molar-refractivity contribution in [1.82, 2.24) is 10.6 Å². The van der Waals surface area contributed by atoms with E-state index >= 15 is 0 Å². The number of anilines is 1. The van der Waals surface area contributed by atoms with Gasteiger partial charge in [0.1, 0.15) is 0 Å². The van der Waals surface area contributed by atoms with Crippen molar-refractivity contribution in [3.05, 3.63) is 29.3 Å². The van der Waals surface area contributed by atoms with E-state index in [1.54, 1.807) is 36.6 Å². The van der Waals surface area contributed by atoms with Gasteiger partial charge in [-0.05, 0) is 43.4 Å². The first-order valence-corrected chi connectivity index (χ1v) is 10.2. The summed E-state index contributed by atoms with van der Waals surface area (Å²) >= 11 is 0. The molecular formula is C21H26F3N3O3. The number of nitrogens with zero attached hydrogens (tertiary/aromatic N) is 1. The normalized spacial score (nSPS) is 22.9. The first-order chi connectivity index (χ1) is 14.1. The van der Waals surface area contributed by atoms with Gasteiger partial charge in [-0.15, -0.1) is 0 Å². The average Bonchev–Trinajstić information content (AvgIpc) is 2.94. The molecule has 3 rings (SSSR count). The Kier molecular flexibility index (Phi) is 6.10. The van der Waals surface area contributed by atoms with Crippen LogP contribution in [0.2, 0.25) is 0 Å². The number of imide groups is 1. The molecule has 2 aliphatic rings. The molecule has 0 unspecified atom stereocenters. The standard InChI is InChI=1S/C21H26F3N3O3/c1-13-7-6-10-16(14(13)2)27-18(29)20(21(22,23)24,26-19(27)30)25-17(28)12-11-15-8-4-3-5-9-15/h6-7,10,15H,3-5,8-9,11-12H2,1-2H3,(H,25,28)(H,26,30)/t20-/m1/s1. The molecule has 2 fully saturated rings. The minimum absolute atomic E-state index is 0.0556. The molecule has 1 atom stereocenters. The zero-order valence-corrected chi connectivity index (χ0v) is 17.1. The third-order valence-electron chi connectivity index (χ3n) is 6.09. The van der Waals surface area contributed by atoms with Gasteiger partial charge in [-0.3, -0.25) is 14.9 Å². The van der Waals surface area contributed by atoms with E-state index in [2.05, 4.69) is 0 Å². The van der Waals surface area contributed by atoms with Crippen molar-refractivity contribution in [2.24, 2.45) is 5.92 Å². The minimum Gasteiger partial charge on any atom is -0.318 e. The molecule has 164 valence electrons. The molecule has 0 bridgehead atoms. The van der Waals surface area contributed by atoms with Crippen LogP contribution in [0.5, 0.6) is 0 Å². The van der Waals surface area contributed by atoms with E-state index in [0.29, 0.717) is 28.4 Å². The van der Waals surface area contributed by atoms with E-state index in [-0.39, 0.29) is 12.1 Å². The lowest BCUT2D eigenvalue weighted by Gasteiger charge is -2.30. The van der Waals surface area contributed by atoms with Gasteiger partial charge in [0.05, 0.1) is 5.69 Å². The Morgan fingerprint density at radius 3 is 2.50 bits per heavy atom. The predicted octanol–water partition coefficient (Wildman–Crippen LogP) is 4.09.